The van der Waals surface area contributed by atoms with Crippen molar-refractivity contribution < 1.29 is 0 Å². The zero-order chi connectivity index (χ0) is 13.1. The maximum Gasteiger partial charge on any atom is 0.0848 e. The molecule has 1 saturated heterocycles. The molecule has 19 heavy (non-hydrogen) atoms. The molecule has 2 N–H and O–H groups in total. The predicted molar refractivity (Wildman–Crippen MR) is 87.1 cm³/mol. The second kappa shape index (κ2) is 6.03. The van der Waals surface area contributed by atoms with Crippen molar-refractivity contribution in [3.8, 4) is 0 Å². The molecule has 3 heteroatoms. The van der Waals surface area contributed by atoms with Gasteiger partial charge in [-0.15, -0.1) is 0 Å². The Hall–Kier alpha value is -0.910. The van der Waals surface area contributed by atoms with E-state index in [1.807, 2.05) is 0 Å². The van der Waals surface area contributed by atoms with Crippen LogP contribution in [-0.2, 0) is 0 Å². The highest BCUT2D eigenvalue weighted by Gasteiger charge is 2.27. The topological polar surface area (TPSA) is 24.1 Å². The maximum atomic E-state index is 3.70. The Bertz CT molecular complexity index is 467. The molecule has 98 valence electrons. The van der Waals surface area contributed by atoms with Crippen molar-refractivity contribution in [2.45, 2.75) is 22.7 Å². The van der Waals surface area contributed by atoms with Gasteiger partial charge >= 0.3 is 0 Å². The van der Waals surface area contributed by atoms with E-state index in [-0.39, 0.29) is 6.17 Å². The van der Waals surface area contributed by atoms with E-state index in [0.29, 0.717) is 10.1 Å². The molecule has 0 radical (unpaired) electrons. The summed E-state index contributed by atoms with van der Waals surface area (Å²) in [6.07, 6.45) is 1.33. The minimum atomic E-state index is 0.224. The van der Waals surface area contributed by atoms with Crippen LogP contribution in [0.15, 0.2) is 60.7 Å². The largest absolute Gasteiger partial charge is 0.291 e. The molecule has 0 amide bonds. The van der Waals surface area contributed by atoms with E-state index in [1.165, 1.54) is 11.1 Å². The minimum Gasteiger partial charge on any atom is -0.291 e. The molecule has 1 fully saturated rings. The summed E-state index contributed by atoms with van der Waals surface area (Å²) in [5.41, 5.74) is 2.66. The SMILES string of the molecule is IC1CC(c2ccccc2)NC(c2ccccc2)N1. The van der Waals surface area contributed by atoms with Crippen molar-refractivity contribution in [2.24, 2.45) is 0 Å². The molecule has 0 bridgehead atoms. The Morgan fingerprint density at radius 3 is 2.00 bits per heavy atom. The Kier molecular flexibility index (Phi) is 4.15. The Balaban J connectivity index is 1.82. The van der Waals surface area contributed by atoms with Crippen molar-refractivity contribution in [3.63, 3.8) is 0 Å². The van der Waals surface area contributed by atoms with Gasteiger partial charge in [0, 0.05) is 6.04 Å². The number of hydrogen-bond donors (Lipinski definition) is 2. The van der Waals surface area contributed by atoms with E-state index in [9.17, 15) is 0 Å². The number of nitrogens with one attached hydrogen (secondary N) is 2. The summed E-state index contributed by atoms with van der Waals surface area (Å²) in [4.78, 5) is 0. The summed E-state index contributed by atoms with van der Waals surface area (Å²) in [6.45, 7) is 0. The third kappa shape index (κ3) is 3.16. The molecule has 3 rings (SSSR count). The number of halogens is 1. The molecule has 0 saturated carbocycles. The summed E-state index contributed by atoms with van der Waals surface area (Å²) in [5, 5.41) is 7.31. The average molecular weight is 364 g/mol. The molecule has 2 aromatic carbocycles. The Labute approximate surface area is 127 Å². The van der Waals surface area contributed by atoms with Crippen LogP contribution in [0, 0.1) is 0 Å². The van der Waals surface area contributed by atoms with E-state index < -0.39 is 0 Å². The van der Waals surface area contributed by atoms with E-state index in [4.69, 9.17) is 0 Å². The van der Waals surface area contributed by atoms with Crippen molar-refractivity contribution in [3.05, 3.63) is 71.8 Å². The summed E-state index contributed by atoms with van der Waals surface area (Å²) in [5.74, 6) is 0. The molecule has 0 aromatic heterocycles. The van der Waals surface area contributed by atoms with Gasteiger partial charge in [0.15, 0.2) is 0 Å². The van der Waals surface area contributed by atoms with E-state index in [2.05, 4.69) is 93.9 Å². The number of rotatable bonds is 2. The van der Waals surface area contributed by atoms with Gasteiger partial charge in [0.1, 0.15) is 0 Å². The van der Waals surface area contributed by atoms with Gasteiger partial charge < -0.3 is 0 Å². The van der Waals surface area contributed by atoms with Gasteiger partial charge in [-0.1, -0.05) is 83.3 Å². The second-order valence-electron chi connectivity index (χ2n) is 4.84. The average Bonchev–Trinajstić information content (AvgIpc) is 2.48. The highest BCUT2D eigenvalue weighted by atomic mass is 127. The first-order valence-corrected chi connectivity index (χ1v) is 7.83. The van der Waals surface area contributed by atoms with Gasteiger partial charge in [-0.3, -0.25) is 10.6 Å². The highest BCUT2D eigenvalue weighted by Crippen LogP contribution is 2.29. The lowest BCUT2D eigenvalue weighted by atomic mass is 10.00. The van der Waals surface area contributed by atoms with Crippen LogP contribution in [0.5, 0.6) is 0 Å². The minimum absolute atomic E-state index is 0.224. The van der Waals surface area contributed by atoms with Gasteiger partial charge in [-0.05, 0) is 17.5 Å². The number of benzene rings is 2. The van der Waals surface area contributed by atoms with Crippen LogP contribution in [0.1, 0.15) is 29.8 Å². The fourth-order valence-corrected chi connectivity index (χ4v) is 3.40. The zero-order valence-electron chi connectivity index (χ0n) is 10.6. The van der Waals surface area contributed by atoms with Crippen LogP contribution in [-0.4, -0.2) is 4.05 Å². The Morgan fingerprint density at radius 1 is 0.789 bits per heavy atom. The summed E-state index contributed by atoms with van der Waals surface area (Å²) >= 11 is 2.49. The highest BCUT2D eigenvalue weighted by molar-refractivity contribution is 14.1. The third-order valence-corrected chi connectivity index (χ3v) is 4.36. The molecule has 3 unspecified atom stereocenters. The molecule has 1 aliphatic rings. The van der Waals surface area contributed by atoms with Crippen LogP contribution in [0.2, 0.25) is 0 Å². The molecule has 1 aliphatic heterocycles. The smallest absolute Gasteiger partial charge is 0.0848 e. The molecule has 3 atom stereocenters. The standard InChI is InChI=1S/C16H17IN2/c17-15-11-14(12-7-3-1-4-8-12)18-16(19-15)13-9-5-2-6-10-13/h1-10,14-16,18-19H,11H2. The lowest BCUT2D eigenvalue weighted by molar-refractivity contribution is 0.299. The molecular weight excluding hydrogens is 347 g/mol. The van der Waals surface area contributed by atoms with Crippen LogP contribution < -0.4 is 10.6 Å². The monoisotopic (exact) mass is 364 g/mol. The van der Waals surface area contributed by atoms with Crippen LogP contribution in [0.25, 0.3) is 0 Å². The van der Waals surface area contributed by atoms with Gasteiger partial charge in [0.25, 0.3) is 0 Å². The van der Waals surface area contributed by atoms with E-state index in [1.54, 1.807) is 0 Å². The van der Waals surface area contributed by atoms with Crippen LogP contribution in [0.4, 0.5) is 0 Å². The molecular formula is C16H17IN2. The third-order valence-electron chi connectivity index (χ3n) is 3.49. The van der Waals surface area contributed by atoms with Crippen molar-refractivity contribution in [1.82, 2.24) is 10.6 Å². The first kappa shape index (κ1) is 13.1. The van der Waals surface area contributed by atoms with Crippen LogP contribution in [0.3, 0.4) is 0 Å². The molecule has 0 spiro atoms. The Morgan fingerprint density at radius 2 is 1.37 bits per heavy atom. The summed E-state index contributed by atoms with van der Waals surface area (Å²) in [6, 6.07) is 21.7. The first-order chi connectivity index (χ1) is 9.33. The van der Waals surface area contributed by atoms with Gasteiger partial charge in [-0.25, -0.2) is 0 Å². The molecule has 2 aromatic rings. The lowest BCUT2D eigenvalue weighted by Crippen LogP contribution is -2.46. The van der Waals surface area contributed by atoms with E-state index in [0.717, 1.165) is 6.42 Å². The number of hydrogen-bond acceptors (Lipinski definition) is 2. The molecule has 2 nitrogen and oxygen atoms in total. The first-order valence-electron chi connectivity index (χ1n) is 6.59. The lowest BCUT2D eigenvalue weighted by Gasteiger charge is -2.36. The summed E-state index contributed by atoms with van der Waals surface area (Å²) in [7, 11) is 0. The zero-order valence-corrected chi connectivity index (χ0v) is 12.7. The predicted octanol–water partition coefficient (Wildman–Crippen LogP) is 3.77. The van der Waals surface area contributed by atoms with Gasteiger partial charge in [0.05, 0.1) is 10.2 Å². The summed E-state index contributed by atoms with van der Waals surface area (Å²) < 4.78 is 0.481. The van der Waals surface area contributed by atoms with Crippen molar-refractivity contribution >= 4 is 22.6 Å². The normalized spacial score (nSPS) is 27.1. The van der Waals surface area contributed by atoms with Crippen molar-refractivity contribution in [1.29, 1.82) is 0 Å². The maximum absolute atomic E-state index is 3.70. The second-order valence-corrected chi connectivity index (χ2v) is 6.35. The molecule has 0 aliphatic carbocycles. The molecule has 1 heterocycles. The quantitative estimate of drug-likeness (QED) is 0.482. The number of alkyl halides is 1. The van der Waals surface area contributed by atoms with Crippen LogP contribution >= 0.6 is 22.6 Å². The fourth-order valence-electron chi connectivity index (χ4n) is 2.53. The van der Waals surface area contributed by atoms with Gasteiger partial charge in [0.2, 0.25) is 0 Å². The van der Waals surface area contributed by atoms with Crippen molar-refractivity contribution in [2.75, 3.05) is 0 Å². The van der Waals surface area contributed by atoms with Gasteiger partial charge in [-0.2, -0.15) is 0 Å². The van der Waals surface area contributed by atoms with E-state index >= 15 is 0 Å². The fraction of sp³-hybridized carbons (Fsp3) is 0.250.